The molecule has 0 saturated carbocycles. The molecule has 0 aromatic heterocycles. The maximum Gasteiger partial charge on any atom is 0.0700 e. The van der Waals surface area contributed by atoms with Crippen LogP contribution in [0, 0.1) is 0 Å². The predicted octanol–water partition coefficient (Wildman–Crippen LogP) is 0.405. The lowest BCUT2D eigenvalue weighted by atomic mass is 10.4. The van der Waals surface area contributed by atoms with Crippen LogP contribution >= 0.6 is 0 Å². The fraction of sp³-hybridized carbons (Fsp3) is 1.00. The summed E-state index contributed by atoms with van der Waals surface area (Å²) in [4.78, 5) is 0. The van der Waals surface area contributed by atoms with Gasteiger partial charge in [0.05, 0.1) is 13.2 Å². The lowest BCUT2D eigenvalue weighted by Gasteiger charge is -2.04. The molecule has 0 saturated heterocycles. The molecule has 0 unspecified atom stereocenters. The van der Waals surface area contributed by atoms with Crippen LogP contribution in [0.3, 0.4) is 0 Å². The van der Waals surface area contributed by atoms with Crippen molar-refractivity contribution >= 4 is 0 Å². The molecule has 0 heterocycles. The molecule has 0 fully saturated rings. The van der Waals surface area contributed by atoms with Crippen molar-refractivity contribution < 1.29 is 14.2 Å². The third-order valence-electron chi connectivity index (χ3n) is 1.50. The average Bonchev–Trinajstić information content (AvgIpc) is 2.16. The van der Waals surface area contributed by atoms with Crippen molar-refractivity contribution in [3.63, 3.8) is 0 Å². The largest absolute Gasteiger partial charge is 0.382 e. The Hall–Kier alpha value is -0.160. The minimum absolute atomic E-state index is 0.661. The second-order valence-corrected chi connectivity index (χ2v) is 2.71. The molecular formula is C9H21NO3. The van der Waals surface area contributed by atoms with Crippen LogP contribution in [-0.2, 0) is 14.2 Å². The number of rotatable bonds is 10. The Kier molecular flexibility index (Phi) is 11.7. The van der Waals surface area contributed by atoms with Gasteiger partial charge in [0.2, 0.25) is 0 Å². The van der Waals surface area contributed by atoms with Crippen LogP contribution in [0.25, 0.3) is 0 Å². The van der Waals surface area contributed by atoms with Gasteiger partial charge >= 0.3 is 0 Å². The smallest absolute Gasteiger partial charge is 0.0700 e. The van der Waals surface area contributed by atoms with E-state index in [1.807, 2.05) is 0 Å². The Morgan fingerprint density at radius 3 is 2.08 bits per heavy atom. The maximum atomic E-state index is 5.31. The Morgan fingerprint density at radius 2 is 1.46 bits per heavy atom. The molecule has 0 aromatic rings. The molecule has 4 nitrogen and oxygen atoms in total. The molecule has 0 atom stereocenters. The van der Waals surface area contributed by atoms with Gasteiger partial charge in [-0.05, 0) is 19.4 Å². The molecule has 0 amide bonds. The summed E-state index contributed by atoms with van der Waals surface area (Å²) in [7, 11) is 1.67. The molecule has 80 valence electrons. The number of hydrogen-bond acceptors (Lipinski definition) is 4. The Labute approximate surface area is 80.3 Å². The monoisotopic (exact) mass is 191 g/mol. The van der Waals surface area contributed by atoms with Gasteiger partial charge in [-0.15, -0.1) is 0 Å². The zero-order valence-corrected chi connectivity index (χ0v) is 8.46. The number of ether oxygens (including phenoxy) is 3. The van der Waals surface area contributed by atoms with Crippen molar-refractivity contribution in [2.24, 2.45) is 5.73 Å². The number of hydrogen-bond donors (Lipinski definition) is 1. The minimum Gasteiger partial charge on any atom is -0.382 e. The van der Waals surface area contributed by atoms with Gasteiger partial charge < -0.3 is 19.9 Å². The molecule has 0 rings (SSSR count). The number of nitrogens with two attached hydrogens (primary N) is 1. The molecule has 0 aliphatic rings. The third kappa shape index (κ3) is 11.8. The van der Waals surface area contributed by atoms with Crippen molar-refractivity contribution in [2.45, 2.75) is 12.8 Å². The van der Waals surface area contributed by atoms with Crippen LogP contribution < -0.4 is 5.73 Å². The summed E-state index contributed by atoms with van der Waals surface area (Å²) in [5.74, 6) is 0. The highest BCUT2D eigenvalue weighted by Crippen LogP contribution is 1.86. The Balaban J connectivity index is 2.76. The van der Waals surface area contributed by atoms with Crippen molar-refractivity contribution in [2.75, 3.05) is 46.7 Å². The van der Waals surface area contributed by atoms with E-state index in [0.717, 1.165) is 32.7 Å². The molecule has 2 N–H and O–H groups in total. The average molecular weight is 191 g/mol. The first kappa shape index (κ1) is 12.8. The molecule has 0 aliphatic carbocycles. The fourth-order valence-corrected chi connectivity index (χ4v) is 0.795. The van der Waals surface area contributed by atoms with Gasteiger partial charge in [0.1, 0.15) is 0 Å². The van der Waals surface area contributed by atoms with Crippen molar-refractivity contribution in [1.82, 2.24) is 0 Å². The van der Waals surface area contributed by atoms with Gasteiger partial charge in [-0.3, -0.25) is 0 Å². The van der Waals surface area contributed by atoms with E-state index < -0.39 is 0 Å². The van der Waals surface area contributed by atoms with Crippen LogP contribution in [0.2, 0.25) is 0 Å². The highest BCUT2D eigenvalue weighted by atomic mass is 16.5. The lowest BCUT2D eigenvalue weighted by Crippen LogP contribution is -2.08. The second-order valence-electron chi connectivity index (χ2n) is 2.71. The Morgan fingerprint density at radius 1 is 0.846 bits per heavy atom. The zero-order chi connectivity index (χ0) is 9.78. The summed E-state index contributed by atoms with van der Waals surface area (Å²) in [6, 6.07) is 0. The van der Waals surface area contributed by atoms with Crippen molar-refractivity contribution in [1.29, 1.82) is 0 Å². The van der Waals surface area contributed by atoms with Crippen LogP contribution in [-0.4, -0.2) is 46.7 Å². The van der Waals surface area contributed by atoms with Gasteiger partial charge in [-0.1, -0.05) is 0 Å². The molecular weight excluding hydrogens is 170 g/mol. The first-order valence-electron chi connectivity index (χ1n) is 4.76. The van der Waals surface area contributed by atoms with E-state index in [2.05, 4.69) is 0 Å². The third-order valence-corrected chi connectivity index (χ3v) is 1.50. The van der Waals surface area contributed by atoms with E-state index in [4.69, 9.17) is 19.9 Å². The van der Waals surface area contributed by atoms with Crippen LogP contribution in [0.4, 0.5) is 0 Å². The van der Waals surface area contributed by atoms with E-state index >= 15 is 0 Å². The van der Waals surface area contributed by atoms with E-state index in [-0.39, 0.29) is 0 Å². The normalized spacial score (nSPS) is 10.6. The summed E-state index contributed by atoms with van der Waals surface area (Å²) in [5, 5.41) is 0. The highest BCUT2D eigenvalue weighted by molar-refractivity contribution is 4.38. The molecule has 13 heavy (non-hydrogen) atoms. The quantitative estimate of drug-likeness (QED) is 0.508. The topological polar surface area (TPSA) is 53.7 Å². The summed E-state index contributed by atoms with van der Waals surface area (Å²) >= 11 is 0. The summed E-state index contributed by atoms with van der Waals surface area (Å²) in [5.41, 5.74) is 5.31. The molecule has 4 heteroatoms. The SMILES string of the molecule is COCCOCCCOCCCN. The number of methoxy groups -OCH3 is 1. The molecule has 0 bridgehead atoms. The van der Waals surface area contributed by atoms with Crippen LogP contribution in [0.1, 0.15) is 12.8 Å². The van der Waals surface area contributed by atoms with Gasteiger partial charge in [-0.25, -0.2) is 0 Å². The molecule has 0 aliphatic heterocycles. The first-order valence-corrected chi connectivity index (χ1v) is 4.76. The minimum atomic E-state index is 0.661. The maximum absolute atomic E-state index is 5.31. The van der Waals surface area contributed by atoms with Crippen molar-refractivity contribution in [3.8, 4) is 0 Å². The molecule has 0 radical (unpaired) electrons. The second kappa shape index (κ2) is 11.8. The van der Waals surface area contributed by atoms with Crippen LogP contribution in [0.15, 0.2) is 0 Å². The molecule has 0 aromatic carbocycles. The summed E-state index contributed by atoms with van der Waals surface area (Å²) in [6.45, 7) is 4.28. The van der Waals surface area contributed by atoms with Crippen LogP contribution in [0.5, 0.6) is 0 Å². The fourth-order valence-electron chi connectivity index (χ4n) is 0.795. The molecule has 0 spiro atoms. The Bertz CT molecular complexity index is 80.9. The highest BCUT2D eigenvalue weighted by Gasteiger charge is 1.90. The van der Waals surface area contributed by atoms with E-state index in [1.165, 1.54) is 0 Å². The van der Waals surface area contributed by atoms with Gasteiger partial charge in [0, 0.05) is 26.9 Å². The van der Waals surface area contributed by atoms with Gasteiger partial charge in [-0.2, -0.15) is 0 Å². The van der Waals surface area contributed by atoms with Gasteiger partial charge in [0.15, 0.2) is 0 Å². The standard InChI is InChI=1S/C9H21NO3/c1-11-8-9-13-7-3-6-12-5-2-4-10/h2-10H2,1H3. The summed E-state index contributed by atoms with van der Waals surface area (Å²) in [6.07, 6.45) is 1.87. The van der Waals surface area contributed by atoms with E-state index in [0.29, 0.717) is 19.8 Å². The summed E-state index contributed by atoms with van der Waals surface area (Å²) < 4.78 is 15.4. The van der Waals surface area contributed by atoms with E-state index in [1.54, 1.807) is 7.11 Å². The first-order chi connectivity index (χ1) is 6.41. The van der Waals surface area contributed by atoms with Crippen molar-refractivity contribution in [3.05, 3.63) is 0 Å². The van der Waals surface area contributed by atoms with E-state index in [9.17, 15) is 0 Å². The zero-order valence-electron chi connectivity index (χ0n) is 8.46. The van der Waals surface area contributed by atoms with Gasteiger partial charge in [0.25, 0.3) is 0 Å². The lowest BCUT2D eigenvalue weighted by molar-refractivity contribution is 0.0513. The predicted molar refractivity (Wildman–Crippen MR) is 51.8 cm³/mol.